The molecule has 0 aliphatic rings. The molecule has 0 amide bonds. The van der Waals surface area contributed by atoms with E-state index in [2.05, 4.69) is 0 Å². The average Bonchev–Trinajstić information content (AvgIpc) is 2.15. The Morgan fingerprint density at radius 1 is 1.50 bits per heavy atom. The zero-order valence-electron chi connectivity index (χ0n) is 8.69. The Morgan fingerprint density at radius 2 is 2.14 bits per heavy atom. The van der Waals surface area contributed by atoms with E-state index in [-0.39, 0.29) is 12.8 Å². The molecule has 2 unspecified atom stereocenters. The van der Waals surface area contributed by atoms with Crippen molar-refractivity contribution in [1.82, 2.24) is 0 Å². The number of hydrogen-bond donors (Lipinski definition) is 1. The van der Waals surface area contributed by atoms with Crippen LogP contribution in [0.3, 0.4) is 0 Å². The highest BCUT2D eigenvalue weighted by atomic mass is 31.1. The van der Waals surface area contributed by atoms with E-state index in [1.807, 2.05) is 13.0 Å². The first-order valence-electron chi connectivity index (χ1n) is 4.81. The maximum absolute atomic E-state index is 11.1. The second kappa shape index (κ2) is 6.89. The van der Waals surface area contributed by atoms with Crippen LogP contribution in [0.15, 0.2) is 0 Å². The summed E-state index contributed by atoms with van der Waals surface area (Å²) in [4.78, 5) is 0. The van der Waals surface area contributed by atoms with Crippen LogP contribution in [0.1, 0.15) is 39.5 Å². The minimum Gasteiger partial charge on any atom is -0.362 e. The Kier molecular flexibility index (Phi) is 6.65. The van der Waals surface area contributed by atoms with E-state index in [9.17, 15) is 9.67 Å². The molecule has 0 aromatic rings. The maximum atomic E-state index is 11.1. The molecule has 0 aromatic carbocycles. The number of nitrogens with zero attached hydrogens (tertiary/aromatic N) is 1. The lowest BCUT2D eigenvalue weighted by atomic mass is 10.1. The summed E-state index contributed by atoms with van der Waals surface area (Å²) in [5.41, 5.74) is 0. The van der Waals surface area contributed by atoms with Gasteiger partial charge in [0.25, 0.3) is 0 Å². The van der Waals surface area contributed by atoms with Gasteiger partial charge in [0.1, 0.15) is 0 Å². The highest BCUT2D eigenvalue weighted by Crippen LogP contribution is 2.33. The third kappa shape index (κ3) is 5.29. The van der Waals surface area contributed by atoms with Gasteiger partial charge < -0.3 is 5.11 Å². The van der Waals surface area contributed by atoms with Crippen LogP contribution in [-0.2, 0) is 9.09 Å². The molecule has 4 nitrogen and oxygen atoms in total. The summed E-state index contributed by atoms with van der Waals surface area (Å²) in [6.45, 7) is 3.63. The molecule has 0 spiro atoms. The minimum atomic E-state index is -1.80. The summed E-state index contributed by atoms with van der Waals surface area (Å²) in [7, 11) is -1.80. The van der Waals surface area contributed by atoms with Gasteiger partial charge >= 0.3 is 8.03 Å². The Labute approximate surface area is 85.8 Å². The molecule has 5 heteroatoms. The second-order valence-corrected chi connectivity index (χ2v) is 4.58. The van der Waals surface area contributed by atoms with Crippen LogP contribution in [0, 0.1) is 11.3 Å². The topological polar surface area (TPSA) is 70.3 Å². The van der Waals surface area contributed by atoms with E-state index in [0.29, 0.717) is 12.6 Å². The van der Waals surface area contributed by atoms with Gasteiger partial charge in [-0.05, 0) is 11.5 Å². The van der Waals surface area contributed by atoms with Crippen molar-refractivity contribution < 1.29 is 14.2 Å². The Bertz CT molecular complexity index is 227. The van der Waals surface area contributed by atoms with Crippen LogP contribution in [0.5, 0.6) is 0 Å². The van der Waals surface area contributed by atoms with Crippen molar-refractivity contribution in [2.75, 3.05) is 6.16 Å². The standard InChI is InChI=1S/C9H17NO3P/c1-3-6-9(11,7-5-8-10)13-14(12)4-2/h11H,3-7H2,1-2H3/q+1. The molecule has 1 N–H and O–H groups in total. The third-order valence-corrected chi connectivity index (χ3v) is 2.86. The van der Waals surface area contributed by atoms with Crippen molar-refractivity contribution in [3.8, 4) is 6.07 Å². The molecule has 0 fully saturated rings. The first-order chi connectivity index (χ1) is 6.58. The smallest absolute Gasteiger partial charge is 0.362 e. The first-order valence-corrected chi connectivity index (χ1v) is 6.17. The van der Waals surface area contributed by atoms with Gasteiger partial charge in [-0.1, -0.05) is 13.3 Å². The van der Waals surface area contributed by atoms with Crippen LogP contribution in [0.4, 0.5) is 0 Å². The quantitative estimate of drug-likeness (QED) is 0.526. The maximum Gasteiger partial charge on any atom is 0.510 e. The van der Waals surface area contributed by atoms with Gasteiger partial charge in [0.15, 0.2) is 6.16 Å². The summed E-state index contributed by atoms with van der Waals surface area (Å²) < 4.78 is 16.2. The van der Waals surface area contributed by atoms with Gasteiger partial charge in [-0.25, -0.2) is 0 Å². The molecule has 0 radical (unpaired) electrons. The summed E-state index contributed by atoms with van der Waals surface area (Å²) >= 11 is 0. The zero-order valence-corrected chi connectivity index (χ0v) is 9.59. The van der Waals surface area contributed by atoms with E-state index in [4.69, 9.17) is 9.79 Å². The SMILES string of the molecule is CCCC(O)(CCC#N)O[P+](=O)CC. The Morgan fingerprint density at radius 3 is 2.57 bits per heavy atom. The Balaban J connectivity index is 4.23. The van der Waals surface area contributed by atoms with E-state index in [1.165, 1.54) is 0 Å². The third-order valence-electron chi connectivity index (χ3n) is 1.80. The molecule has 2 atom stereocenters. The van der Waals surface area contributed by atoms with Crippen LogP contribution in [-0.4, -0.2) is 17.1 Å². The summed E-state index contributed by atoms with van der Waals surface area (Å²) in [6.07, 6.45) is 1.96. The minimum absolute atomic E-state index is 0.212. The lowest BCUT2D eigenvalue weighted by Gasteiger charge is -2.19. The molecule has 80 valence electrons. The van der Waals surface area contributed by atoms with E-state index < -0.39 is 13.8 Å². The lowest BCUT2D eigenvalue weighted by molar-refractivity contribution is -0.142. The molecule has 0 saturated heterocycles. The average molecular weight is 218 g/mol. The van der Waals surface area contributed by atoms with Crippen molar-refractivity contribution in [3.63, 3.8) is 0 Å². The van der Waals surface area contributed by atoms with Gasteiger partial charge in [0.2, 0.25) is 5.79 Å². The molecular weight excluding hydrogens is 201 g/mol. The van der Waals surface area contributed by atoms with Crippen molar-refractivity contribution in [1.29, 1.82) is 5.26 Å². The van der Waals surface area contributed by atoms with Gasteiger partial charge in [-0.15, -0.1) is 4.52 Å². The highest BCUT2D eigenvalue weighted by Gasteiger charge is 2.36. The van der Waals surface area contributed by atoms with E-state index >= 15 is 0 Å². The molecule has 0 bridgehead atoms. The fourth-order valence-electron chi connectivity index (χ4n) is 1.11. The summed E-state index contributed by atoms with van der Waals surface area (Å²) in [6, 6.07) is 1.94. The number of aliphatic hydroxyl groups is 1. The van der Waals surface area contributed by atoms with Crippen molar-refractivity contribution in [2.24, 2.45) is 0 Å². The van der Waals surface area contributed by atoms with Crippen molar-refractivity contribution >= 4 is 8.03 Å². The Hall–Kier alpha value is -0.490. The van der Waals surface area contributed by atoms with Crippen LogP contribution >= 0.6 is 8.03 Å². The van der Waals surface area contributed by atoms with Gasteiger partial charge in [-0.3, -0.25) is 0 Å². The fourth-order valence-corrected chi connectivity index (χ4v) is 1.80. The molecule has 0 aliphatic carbocycles. The predicted octanol–water partition coefficient (Wildman–Crippen LogP) is 2.56. The molecular formula is C9H17NO3P+. The molecule has 14 heavy (non-hydrogen) atoms. The predicted molar refractivity (Wildman–Crippen MR) is 53.9 cm³/mol. The van der Waals surface area contributed by atoms with E-state index in [0.717, 1.165) is 6.42 Å². The monoisotopic (exact) mass is 218 g/mol. The van der Waals surface area contributed by atoms with E-state index in [1.54, 1.807) is 6.92 Å². The van der Waals surface area contributed by atoms with Crippen LogP contribution in [0.25, 0.3) is 0 Å². The second-order valence-electron chi connectivity index (χ2n) is 3.09. The molecule has 0 saturated carbocycles. The van der Waals surface area contributed by atoms with Crippen LogP contribution in [0.2, 0.25) is 0 Å². The summed E-state index contributed by atoms with van der Waals surface area (Å²) in [5, 5.41) is 18.3. The number of nitriles is 1. The molecule has 0 heterocycles. The zero-order chi connectivity index (χ0) is 11.0. The molecule has 0 aromatic heterocycles. The van der Waals surface area contributed by atoms with Crippen molar-refractivity contribution in [3.05, 3.63) is 0 Å². The van der Waals surface area contributed by atoms with Gasteiger partial charge in [-0.2, -0.15) is 5.26 Å². The molecule has 0 rings (SSSR count). The lowest BCUT2D eigenvalue weighted by Crippen LogP contribution is -2.29. The normalized spacial score (nSPS) is 15.7. The van der Waals surface area contributed by atoms with Gasteiger partial charge in [0.05, 0.1) is 6.07 Å². The van der Waals surface area contributed by atoms with Crippen LogP contribution < -0.4 is 0 Å². The van der Waals surface area contributed by atoms with Gasteiger partial charge in [0, 0.05) is 19.3 Å². The molecule has 0 aliphatic heterocycles. The largest absolute Gasteiger partial charge is 0.510 e. The van der Waals surface area contributed by atoms with Crippen molar-refractivity contribution in [2.45, 2.75) is 45.3 Å². The first kappa shape index (κ1) is 13.5. The summed E-state index contributed by atoms with van der Waals surface area (Å²) in [5.74, 6) is -1.38. The highest BCUT2D eigenvalue weighted by molar-refractivity contribution is 7.39. The fraction of sp³-hybridized carbons (Fsp3) is 0.889. The number of rotatable bonds is 7. The number of hydrogen-bond acceptors (Lipinski definition) is 4.